The standard InChI is InChI=1S/C16H31N3/c1-14(2)17-10-6-16(7-11-17)19-9-3-8-18(12-13-19)15-4-5-15/h14-16H,3-13H2,1-2H3. The van der Waals surface area contributed by atoms with Gasteiger partial charge in [0.1, 0.15) is 0 Å². The van der Waals surface area contributed by atoms with Crippen molar-refractivity contribution in [3.8, 4) is 0 Å². The van der Waals surface area contributed by atoms with Crippen molar-refractivity contribution in [2.75, 3.05) is 39.3 Å². The maximum atomic E-state index is 2.81. The summed E-state index contributed by atoms with van der Waals surface area (Å²) in [5, 5.41) is 0. The summed E-state index contributed by atoms with van der Waals surface area (Å²) in [5.41, 5.74) is 0. The average molecular weight is 265 g/mol. The number of hydrogen-bond acceptors (Lipinski definition) is 3. The van der Waals surface area contributed by atoms with Crippen LogP contribution < -0.4 is 0 Å². The zero-order valence-corrected chi connectivity index (χ0v) is 12.9. The molecule has 2 heterocycles. The zero-order chi connectivity index (χ0) is 13.2. The highest BCUT2D eigenvalue weighted by molar-refractivity contribution is 4.88. The number of piperidine rings is 1. The van der Waals surface area contributed by atoms with Crippen LogP contribution in [-0.2, 0) is 0 Å². The van der Waals surface area contributed by atoms with Crippen molar-refractivity contribution in [1.82, 2.24) is 14.7 Å². The minimum atomic E-state index is 0.732. The second kappa shape index (κ2) is 6.11. The lowest BCUT2D eigenvalue weighted by atomic mass is 10.0. The second-order valence-electron chi connectivity index (χ2n) is 7.02. The van der Waals surface area contributed by atoms with E-state index in [9.17, 15) is 0 Å². The van der Waals surface area contributed by atoms with Crippen molar-refractivity contribution in [3.63, 3.8) is 0 Å². The van der Waals surface area contributed by atoms with Crippen LogP contribution >= 0.6 is 0 Å². The molecule has 3 nitrogen and oxygen atoms in total. The Balaban J connectivity index is 1.47. The number of likely N-dealkylation sites (tertiary alicyclic amines) is 1. The molecule has 3 rings (SSSR count). The van der Waals surface area contributed by atoms with Crippen molar-refractivity contribution < 1.29 is 0 Å². The Morgan fingerprint density at radius 1 is 0.684 bits per heavy atom. The average Bonchev–Trinajstić information content (AvgIpc) is 3.25. The van der Waals surface area contributed by atoms with Gasteiger partial charge in [-0.3, -0.25) is 9.80 Å². The van der Waals surface area contributed by atoms with E-state index in [1.165, 1.54) is 71.4 Å². The molecule has 0 N–H and O–H groups in total. The smallest absolute Gasteiger partial charge is 0.0120 e. The first-order chi connectivity index (χ1) is 9.24. The van der Waals surface area contributed by atoms with Crippen LogP contribution in [0.1, 0.15) is 46.0 Å². The molecular weight excluding hydrogens is 234 g/mol. The van der Waals surface area contributed by atoms with E-state index in [4.69, 9.17) is 0 Å². The lowest BCUT2D eigenvalue weighted by Gasteiger charge is -2.39. The molecule has 3 aliphatic rings. The Labute approximate surface area is 118 Å². The van der Waals surface area contributed by atoms with Gasteiger partial charge in [0, 0.05) is 31.2 Å². The predicted octanol–water partition coefficient (Wildman–Crippen LogP) is 2.03. The van der Waals surface area contributed by atoms with Gasteiger partial charge in [0.05, 0.1) is 0 Å². The highest BCUT2D eigenvalue weighted by Gasteiger charge is 2.32. The summed E-state index contributed by atoms with van der Waals surface area (Å²) in [5.74, 6) is 0. The van der Waals surface area contributed by atoms with E-state index in [-0.39, 0.29) is 0 Å². The summed E-state index contributed by atoms with van der Waals surface area (Å²) in [6.45, 7) is 12.6. The number of hydrogen-bond donors (Lipinski definition) is 0. The quantitative estimate of drug-likeness (QED) is 0.773. The normalized spacial score (nSPS) is 29.8. The van der Waals surface area contributed by atoms with Gasteiger partial charge in [0.15, 0.2) is 0 Å². The highest BCUT2D eigenvalue weighted by atomic mass is 15.3. The molecule has 0 unspecified atom stereocenters. The first-order valence-corrected chi connectivity index (χ1v) is 8.46. The van der Waals surface area contributed by atoms with Crippen LogP contribution in [0.15, 0.2) is 0 Å². The van der Waals surface area contributed by atoms with Crippen molar-refractivity contribution >= 4 is 0 Å². The lowest BCUT2D eigenvalue weighted by Crippen LogP contribution is -2.47. The van der Waals surface area contributed by atoms with Gasteiger partial charge in [-0.15, -0.1) is 0 Å². The molecule has 0 aromatic heterocycles. The molecule has 3 heteroatoms. The van der Waals surface area contributed by atoms with E-state index < -0.39 is 0 Å². The molecule has 0 spiro atoms. The molecule has 0 amide bonds. The van der Waals surface area contributed by atoms with Gasteiger partial charge < -0.3 is 4.90 Å². The minimum absolute atomic E-state index is 0.732. The lowest BCUT2D eigenvalue weighted by molar-refractivity contribution is 0.0939. The van der Waals surface area contributed by atoms with E-state index >= 15 is 0 Å². The SMILES string of the molecule is CC(C)N1CCC(N2CCCN(C3CC3)CC2)CC1. The summed E-state index contributed by atoms with van der Waals surface area (Å²) in [7, 11) is 0. The van der Waals surface area contributed by atoms with Gasteiger partial charge in [0.25, 0.3) is 0 Å². The molecule has 19 heavy (non-hydrogen) atoms. The van der Waals surface area contributed by atoms with E-state index in [1.54, 1.807) is 0 Å². The van der Waals surface area contributed by atoms with Crippen LogP contribution in [0.25, 0.3) is 0 Å². The van der Waals surface area contributed by atoms with Gasteiger partial charge >= 0.3 is 0 Å². The first-order valence-electron chi connectivity index (χ1n) is 8.46. The van der Waals surface area contributed by atoms with Crippen molar-refractivity contribution in [2.45, 2.75) is 64.1 Å². The molecule has 0 aromatic carbocycles. The molecule has 1 saturated carbocycles. The van der Waals surface area contributed by atoms with Gasteiger partial charge in [-0.1, -0.05) is 0 Å². The fourth-order valence-corrected chi connectivity index (χ4v) is 3.89. The number of nitrogens with zero attached hydrogens (tertiary/aromatic N) is 3. The summed E-state index contributed by atoms with van der Waals surface area (Å²) >= 11 is 0. The van der Waals surface area contributed by atoms with Gasteiger partial charge in [-0.25, -0.2) is 0 Å². The molecule has 1 aliphatic carbocycles. The third kappa shape index (κ3) is 3.50. The Kier molecular flexibility index (Phi) is 4.45. The van der Waals surface area contributed by atoms with Crippen LogP contribution in [0.2, 0.25) is 0 Å². The molecule has 0 radical (unpaired) electrons. The Morgan fingerprint density at radius 3 is 1.68 bits per heavy atom. The summed E-state index contributed by atoms with van der Waals surface area (Å²) < 4.78 is 0. The van der Waals surface area contributed by atoms with E-state index in [0.717, 1.165) is 18.1 Å². The molecule has 0 bridgehead atoms. The van der Waals surface area contributed by atoms with E-state index in [2.05, 4.69) is 28.5 Å². The topological polar surface area (TPSA) is 9.72 Å². The fourth-order valence-electron chi connectivity index (χ4n) is 3.89. The maximum absolute atomic E-state index is 2.81. The molecule has 3 fully saturated rings. The Bertz CT molecular complexity index is 280. The van der Waals surface area contributed by atoms with Crippen LogP contribution in [0.5, 0.6) is 0 Å². The predicted molar refractivity (Wildman–Crippen MR) is 80.5 cm³/mol. The summed E-state index contributed by atoms with van der Waals surface area (Å²) in [4.78, 5) is 8.20. The molecule has 110 valence electrons. The van der Waals surface area contributed by atoms with Gasteiger partial charge in [-0.2, -0.15) is 0 Å². The summed E-state index contributed by atoms with van der Waals surface area (Å²) in [6, 6.07) is 2.56. The Hall–Kier alpha value is -0.120. The molecule has 2 aliphatic heterocycles. The molecule has 2 saturated heterocycles. The van der Waals surface area contributed by atoms with E-state index in [1.807, 2.05) is 0 Å². The van der Waals surface area contributed by atoms with Gasteiger partial charge in [-0.05, 0) is 72.1 Å². The van der Waals surface area contributed by atoms with Crippen molar-refractivity contribution in [1.29, 1.82) is 0 Å². The number of rotatable bonds is 3. The van der Waals surface area contributed by atoms with Crippen LogP contribution in [0, 0.1) is 0 Å². The van der Waals surface area contributed by atoms with Crippen LogP contribution in [0.4, 0.5) is 0 Å². The van der Waals surface area contributed by atoms with Crippen molar-refractivity contribution in [3.05, 3.63) is 0 Å². The second-order valence-corrected chi connectivity index (χ2v) is 7.02. The van der Waals surface area contributed by atoms with E-state index in [0.29, 0.717) is 0 Å². The summed E-state index contributed by atoms with van der Waals surface area (Å²) in [6.07, 6.45) is 7.10. The molecule has 0 atom stereocenters. The van der Waals surface area contributed by atoms with Crippen LogP contribution in [-0.4, -0.2) is 72.1 Å². The highest BCUT2D eigenvalue weighted by Crippen LogP contribution is 2.28. The largest absolute Gasteiger partial charge is 0.301 e. The zero-order valence-electron chi connectivity index (χ0n) is 12.9. The minimum Gasteiger partial charge on any atom is -0.301 e. The third-order valence-electron chi connectivity index (χ3n) is 5.37. The van der Waals surface area contributed by atoms with Crippen molar-refractivity contribution in [2.24, 2.45) is 0 Å². The van der Waals surface area contributed by atoms with Gasteiger partial charge in [0.2, 0.25) is 0 Å². The third-order valence-corrected chi connectivity index (χ3v) is 5.37. The monoisotopic (exact) mass is 265 g/mol. The molecule has 0 aromatic rings. The first kappa shape index (κ1) is 13.8. The maximum Gasteiger partial charge on any atom is 0.0120 e. The Morgan fingerprint density at radius 2 is 1.21 bits per heavy atom. The fraction of sp³-hybridized carbons (Fsp3) is 1.00. The van der Waals surface area contributed by atoms with Crippen LogP contribution in [0.3, 0.4) is 0 Å². The molecular formula is C16H31N3.